The second-order valence-corrected chi connectivity index (χ2v) is 11.0. The number of aromatic nitrogens is 3. The van der Waals surface area contributed by atoms with Crippen LogP contribution in [0.3, 0.4) is 0 Å². The highest BCUT2D eigenvalue weighted by Crippen LogP contribution is 2.36. The van der Waals surface area contributed by atoms with Gasteiger partial charge in [0.15, 0.2) is 11.6 Å². The van der Waals surface area contributed by atoms with Crippen molar-refractivity contribution in [3.8, 4) is 45.0 Å². The number of halogens is 1. The third kappa shape index (κ3) is 4.70. The lowest BCUT2D eigenvalue weighted by molar-refractivity contribution is 1.07. The molecule has 0 unspecified atom stereocenters. The molecule has 0 fully saturated rings. The lowest BCUT2D eigenvalue weighted by Gasteiger charge is -2.12. The Kier molecular flexibility index (Phi) is 6.17. The number of hydrogen-bond acceptors (Lipinski definition) is 3. The maximum absolute atomic E-state index is 6.44. The lowest BCUT2D eigenvalue weighted by atomic mass is 9.93. The zero-order chi connectivity index (χ0) is 28.8. The normalized spacial score (nSPS) is 11.4. The molecule has 3 nitrogen and oxygen atoms in total. The summed E-state index contributed by atoms with van der Waals surface area (Å²) in [6.45, 7) is 0. The molecule has 0 aliphatic carbocycles. The molecule has 0 saturated carbocycles. The highest BCUT2D eigenvalue weighted by molar-refractivity contribution is 6.28. The molecule has 0 atom stereocenters. The molecule has 4 heteroatoms. The van der Waals surface area contributed by atoms with Crippen LogP contribution in [-0.4, -0.2) is 15.0 Å². The number of fused-ring (bicyclic) bond motifs is 4. The van der Waals surface area contributed by atoms with E-state index in [1.165, 1.54) is 38.2 Å². The van der Waals surface area contributed by atoms with Crippen molar-refractivity contribution < 1.29 is 0 Å². The Morgan fingerprint density at radius 3 is 1.67 bits per heavy atom. The minimum atomic E-state index is 0.170. The minimum absolute atomic E-state index is 0.170. The standard InChI is InChI=1S/C39H24ClN3/c40-39-42-37(41-38(43-39)32-21-20-29-22-28(18-19-30(29)23-32)25-8-2-1-3-9-25)27-16-14-26(15-17-27)36-24-31-10-4-5-11-33(31)34-12-6-7-13-35(34)36/h1-24H. The van der Waals surface area contributed by atoms with E-state index < -0.39 is 0 Å². The molecule has 0 amide bonds. The van der Waals surface area contributed by atoms with Crippen molar-refractivity contribution in [3.63, 3.8) is 0 Å². The first kappa shape index (κ1) is 25.3. The first-order valence-corrected chi connectivity index (χ1v) is 14.6. The van der Waals surface area contributed by atoms with Crippen LogP contribution in [0, 0.1) is 0 Å². The fourth-order valence-electron chi connectivity index (χ4n) is 5.90. The molecule has 0 aliphatic rings. The van der Waals surface area contributed by atoms with Gasteiger partial charge in [0.25, 0.3) is 0 Å². The summed E-state index contributed by atoms with van der Waals surface area (Å²) >= 11 is 6.44. The SMILES string of the molecule is Clc1nc(-c2ccc(-c3cc4ccccc4c4ccccc34)cc2)nc(-c2ccc3cc(-c4ccccc4)ccc3c2)n1. The van der Waals surface area contributed by atoms with Crippen LogP contribution in [0.1, 0.15) is 0 Å². The van der Waals surface area contributed by atoms with Crippen LogP contribution in [0.15, 0.2) is 146 Å². The van der Waals surface area contributed by atoms with Crippen LogP contribution >= 0.6 is 11.6 Å². The summed E-state index contributed by atoms with van der Waals surface area (Å²) in [5, 5.41) is 7.40. The number of nitrogens with zero attached hydrogens (tertiary/aromatic N) is 3. The zero-order valence-electron chi connectivity index (χ0n) is 23.1. The van der Waals surface area contributed by atoms with E-state index >= 15 is 0 Å². The summed E-state index contributed by atoms with van der Waals surface area (Å²) < 4.78 is 0. The third-order valence-corrected chi connectivity index (χ3v) is 8.20. The van der Waals surface area contributed by atoms with E-state index in [9.17, 15) is 0 Å². The number of hydrogen-bond donors (Lipinski definition) is 0. The van der Waals surface area contributed by atoms with E-state index in [1.807, 2.05) is 12.1 Å². The Hall–Kier alpha value is -5.38. The summed E-state index contributed by atoms with van der Waals surface area (Å²) in [5.74, 6) is 1.10. The first-order chi connectivity index (χ1) is 21.2. The predicted molar refractivity (Wildman–Crippen MR) is 179 cm³/mol. The first-order valence-electron chi connectivity index (χ1n) is 14.2. The minimum Gasteiger partial charge on any atom is -0.208 e. The smallest absolute Gasteiger partial charge is 0.208 e. The fraction of sp³-hybridized carbons (Fsp3) is 0. The van der Waals surface area contributed by atoms with Gasteiger partial charge in [0.2, 0.25) is 5.28 Å². The highest BCUT2D eigenvalue weighted by Gasteiger charge is 2.13. The van der Waals surface area contributed by atoms with Crippen molar-refractivity contribution in [3.05, 3.63) is 151 Å². The van der Waals surface area contributed by atoms with Gasteiger partial charge < -0.3 is 0 Å². The summed E-state index contributed by atoms with van der Waals surface area (Å²) in [4.78, 5) is 13.8. The molecule has 0 N–H and O–H groups in total. The van der Waals surface area contributed by atoms with Crippen LogP contribution in [0.25, 0.3) is 77.3 Å². The Morgan fingerprint density at radius 1 is 0.349 bits per heavy atom. The van der Waals surface area contributed by atoms with Crippen LogP contribution < -0.4 is 0 Å². The zero-order valence-corrected chi connectivity index (χ0v) is 23.8. The lowest BCUT2D eigenvalue weighted by Crippen LogP contribution is -1.97. The largest absolute Gasteiger partial charge is 0.226 e. The Labute approximate surface area is 254 Å². The topological polar surface area (TPSA) is 38.7 Å². The number of rotatable bonds is 4. The van der Waals surface area contributed by atoms with Crippen molar-refractivity contribution in [2.24, 2.45) is 0 Å². The van der Waals surface area contributed by atoms with E-state index in [1.54, 1.807) is 0 Å². The third-order valence-electron chi connectivity index (χ3n) is 8.04. The van der Waals surface area contributed by atoms with Crippen LogP contribution in [0.4, 0.5) is 0 Å². The molecule has 0 bridgehead atoms. The molecular formula is C39H24ClN3. The number of benzene rings is 7. The molecule has 1 heterocycles. The van der Waals surface area contributed by atoms with E-state index in [4.69, 9.17) is 16.6 Å². The summed E-state index contributed by atoms with van der Waals surface area (Å²) in [6, 6.07) is 50.9. The van der Waals surface area contributed by atoms with Crippen LogP contribution in [0.5, 0.6) is 0 Å². The average Bonchev–Trinajstić information content (AvgIpc) is 3.07. The van der Waals surface area contributed by atoms with Gasteiger partial charge >= 0.3 is 0 Å². The monoisotopic (exact) mass is 569 g/mol. The summed E-state index contributed by atoms with van der Waals surface area (Å²) in [5.41, 5.74) is 6.49. The van der Waals surface area contributed by atoms with Gasteiger partial charge in [0, 0.05) is 11.1 Å². The second-order valence-electron chi connectivity index (χ2n) is 10.7. The molecule has 0 saturated heterocycles. The van der Waals surface area contributed by atoms with E-state index in [0.717, 1.165) is 27.5 Å². The average molecular weight is 570 g/mol. The van der Waals surface area contributed by atoms with Crippen molar-refractivity contribution in [2.45, 2.75) is 0 Å². The molecule has 43 heavy (non-hydrogen) atoms. The van der Waals surface area contributed by atoms with Gasteiger partial charge in [0.1, 0.15) is 0 Å². The molecule has 202 valence electrons. The van der Waals surface area contributed by atoms with Gasteiger partial charge in [-0.25, -0.2) is 4.98 Å². The quantitative estimate of drug-likeness (QED) is 0.198. The van der Waals surface area contributed by atoms with Crippen molar-refractivity contribution >= 4 is 43.9 Å². The van der Waals surface area contributed by atoms with Crippen LogP contribution in [0.2, 0.25) is 5.28 Å². The maximum Gasteiger partial charge on any atom is 0.226 e. The van der Waals surface area contributed by atoms with Gasteiger partial charge in [-0.3, -0.25) is 0 Å². The molecule has 7 aromatic carbocycles. The molecule has 0 radical (unpaired) electrons. The van der Waals surface area contributed by atoms with Gasteiger partial charge in [-0.15, -0.1) is 0 Å². The van der Waals surface area contributed by atoms with Crippen molar-refractivity contribution in [1.82, 2.24) is 15.0 Å². The predicted octanol–water partition coefficient (Wildman–Crippen LogP) is 10.7. The molecule has 0 spiro atoms. The van der Waals surface area contributed by atoms with Gasteiger partial charge in [0.05, 0.1) is 0 Å². The van der Waals surface area contributed by atoms with Crippen molar-refractivity contribution in [2.75, 3.05) is 0 Å². The Morgan fingerprint density at radius 2 is 0.907 bits per heavy atom. The Balaban J connectivity index is 1.15. The summed E-state index contributed by atoms with van der Waals surface area (Å²) in [7, 11) is 0. The molecule has 1 aromatic heterocycles. The van der Waals surface area contributed by atoms with E-state index in [2.05, 4.69) is 143 Å². The van der Waals surface area contributed by atoms with Gasteiger partial charge in [-0.1, -0.05) is 127 Å². The Bertz CT molecular complexity index is 2290. The van der Waals surface area contributed by atoms with E-state index in [0.29, 0.717) is 11.6 Å². The van der Waals surface area contributed by atoms with E-state index in [-0.39, 0.29) is 5.28 Å². The summed E-state index contributed by atoms with van der Waals surface area (Å²) in [6.07, 6.45) is 0. The maximum atomic E-state index is 6.44. The molecule has 0 aliphatic heterocycles. The van der Waals surface area contributed by atoms with Gasteiger partial charge in [-0.05, 0) is 84.4 Å². The second kappa shape index (κ2) is 10.5. The molecular weight excluding hydrogens is 546 g/mol. The highest BCUT2D eigenvalue weighted by atomic mass is 35.5. The molecule has 8 rings (SSSR count). The van der Waals surface area contributed by atoms with Crippen molar-refractivity contribution in [1.29, 1.82) is 0 Å². The fourth-order valence-corrected chi connectivity index (χ4v) is 6.06. The molecule has 8 aromatic rings. The van der Waals surface area contributed by atoms with Crippen LogP contribution in [-0.2, 0) is 0 Å². The van der Waals surface area contributed by atoms with Gasteiger partial charge in [-0.2, -0.15) is 9.97 Å².